The summed E-state index contributed by atoms with van der Waals surface area (Å²) in [5.41, 5.74) is 4.88. The zero-order valence-corrected chi connectivity index (χ0v) is 17.8. The van der Waals surface area contributed by atoms with E-state index in [0.717, 1.165) is 27.5 Å². The molecule has 2 heterocycles. The van der Waals surface area contributed by atoms with Crippen LogP contribution < -0.4 is 10.5 Å². The van der Waals surface area contributed by atoms with Crippen LogP contribution in [0.25, 0.3) is 0 Å². The molecule has 3 aromatic rings. The molecule has 4 rings (SSSR count). The van der Waals surface area contributed by atoms with E-state index >= 15 is 0 Å². The molecule has 0 amide bonds. The fourth-order valence-electron chi connectivity index (χ4n) is 3.82. The van der Waals surface area contributed by atoms with E-state index in [0.29, 0.717) is 32.3 Å². The monoisotopic (exact) mass is 408 g/mol. The van der Waals surface area contributed by atoms with Crippen LogP contribution in [0, 0.1) is 13.8 Å². The van der Waals surface area contributed by atoms with E-state index in [1.54, 1.807) is 4.57 Å². The second-order valence-electron chi connectivity index (χ2n) is 7.53. The van der Waals surface area contributed by atoms with Crippen molar-refractivity contribution in [3.05, 3.63) is 86.3 Å². The van der Waals surface area contributed by atoms with E-state index in [4.69, 9.17) is 16.6 Å². The topological polar surface area (TPSA) is 41.4 Å². The van der Waals surface area contributed by atoms with Gasteiger partial charge in [-0.15, -0.1) is 0 Å². The molecule has 0 radical (unpaired) electrons. The summed E-state index contributed by atoms with van der Waals surface area (Å²) in [4.78, 5) is 22.3. The summed E-state index contributed by atoms with van der Waals surface area (Å²) >= 11 is 6.39. The molecule has 0 atom stereocenters. The van der Waals surface area contributed by atoms with Gasteiger partial charge < -0.3 is 0 Å². The summed E-state index contributed by atoms with van der Waals surface area (Å²) < 4.78 is 1.78. The Labute approximate surface area is 176 Å². The first-order valence-electron chi connectivity index (χ1n) is 9.88. The van der Waals surface area contributed by atoms with Crippen LogP contribution in [0.3, 0.4) is 0 Å². The maximum Gasteiger partial charge on any atom is 0.259 e. The molecule has 0 saturated carbocycles. The Balaban J connectivity index is 1.79. The van der Waals surface area contributed by atoms with E-state index in [1.165, 1.54) is 5.56 Å². The van der Waals surface area contributed by atoms with Crippen molar-refractivity contribution in [1.29, 1.82) is 0 Å². The summed E-state index contributed by atoms with van der Waals surface area (Å²) in [6.45, 7) is 7.76. The minimum absolute atomic E-state index is 0.0379. The van der Waals surface area contributed by atoms with Crippen molar-refractivity contribution in [2.75, 3.05) is 11.6 Å². The molecular formula is C23H25ClN4O. The summed E-state index contributed by atoms with van der Waals surface area (Å²) in [5.74, 6) is 0.698. The number of nitrogens with zero attached hydrogens (tertiary/aromatic N) is 4. The predicted octanol–water partition coefficient (Wildman–Crippen LogP) is 4.64. The molecule has 29 heavy (non-hydrogen) atoms. The van der Waals surface area contributed by atoms with Crippen LogP contribution in [-0.4, -0.2) is 21.1 Å². The lowest BCUT2D eigenvalue weighted by Gasteiger charge is -2.38. The second kappa shape index (κ2) is 8.01. The minimum atomic E-state index is 0.0379. The van der Waals surface area contributed by atoms with Crippen LogP contribution in [0.4, 0.5) is 11.6 Å². The van der Waals surface area contributed by atoms with Crippen molar-refractivity contribution in [1.82, 2.24) is 14.5 Å². The van der Waals surface area contributed by atoms with Gasteiger partial charge >= 0.3 is 0 Å². The highest BCUT2D eigenvalue weighted by Gasteiger charge is 2.27. The van der Waals surface area contributed by atoms with E-state index in [-0.39, 0.29) is 5.56 Å². The van der Waals surface area contributed by atoms with Crippen LogP contribution in [0.2, 0.25) is 5.02 Å². The van der Waals surface area contributed by atoms with Gasteiger partial charge in [0.15, 0.2) is 0 Å². The molecule has 2 aromatic carbocycles. The maximum absolute atomic E-state index is 13.2. The maximum atomic E-state index is 13.2. The van der Waals surface area contributed by atoms with Crippen molar-refractivity contribution in [3.63, 3.8) is 0 Å². The van der Waals surface area contributed by atoms with Gasteiger partial charge in [-0.3, -0.25) is 19.2 Å². The Hall–Kier alpha value is -2.63. The Bertz CT molecular complexity index is 1090. The van der Waals surface area contributed by atoms with Gasteiger partial charge in [-0.2, -0.15) is 0 Å². The highest BCUT2D eigenvalue weighted by atomic mass is 35.5. The molecule has 1 aliphatic rings. The molecule has 0 aliphatic carbocycles. The second-order valence-corrected chi connectivity index (χ2v) is 7.94. The number of hydrogen-bond acceptors (Lipinski definition) is 4. The third kappa shape index (κ3) is 3.80. The average molecular weight is 409 g/mol. The van der Waals surface area contributed by atoms with Crippen molar-refractivity contribution >= 4 is 23.2 Å². The molecule has 5 nitrogen and oxygen atoms in total. The van der Waals surface area contributed by atoms with Gasteiger partial charge in [0.1, 0.15) is 0 Å². The van der Waals surface area contributed by atoms with E-state index < -0.39 is 0 Å². The average Bonchev–Trinajstić information content (AvgIpc) is 2.71. The van der Waals surface area contributed by atoms with Gasteiger partial charge in [0.2, 0.25) is 5.95 Å². The van der Waals surface area contributed by atoms with Gasteiger partial charge in [0.25, 0.3) is 5.56 Å². The van der Waals surface area contributed by atoms with Gasteiger partial charge in [-0.05, 0) is 44.0 Å². The van der Waals surface area contributed by atoms with E-state index in [1.807, 2.05) is 38.1 Å². The normalized spacial score (nSPS) is 14.1. The first-order valence-corrected chi connectivity index (χ1v) is 10.3. The van der Waals surface area contributed by atoms with Crippen LogP contribution in [0.1, 0.15) is 29.3 Å². The molecule has 150 valence electrons. The standard InChI is InChI=1S/C23H25ClN4O/c1-4-20-17(3)25-23-27(19-11-9-16(2)10-12-19)14-26(15-28(23)22(20)29)13-18-7-5-6-8-21(18)24/h5-12H,4,13-15H2,1-3H3. The summed E-state index contributed by atoms with van der Waals surface area (Å²) in [6, 6.07) is 16.2. The molecule has 0 bridgehead atoms. The van der Waals surface area contributed by atoms with Crippen molar-refractivity contribution in [3.8, 4) is 0 Å². The molecule has 1 aliphatic heterocycles. The number of aryl methyl sites for hydroxylation is 2. The predicted molar refractivity (Wildman–Crippen MR) is 118 cm³/mol. The first-order chi connectivity index (χ1) is 14.0. The molecule has 6 heteroatoms. The first kappa shape index (κ1) is 19.7. The quantitative estimate of drug-likeness (QED) is 0.630. The number of aromatic nitrogens is 2. The number of rotatable bonds is 4. The third-order valence-electron chi connectivity index (χ3n) is 5.42. The van der Waals surface area contributed by atoms with Crippen molar-refractivity contribution in [2.24, 2.45) is 0 Å². The molecule has 0 fully saturated rings. The summed E-state index contributed by atoms with van der Waals surface area (Å²) in [6.07, 6.45) is 0.674. The number of halogens is 1. The van der Waals surface area contributed by atoms with Gasteiger partial charge in [-0.1, -0.05) is 54.4 Å². The Kier molecular flexibility index (Phi) is 5.43. The van der Waals surface area contributed by atoms with Gasteiger partial charge in [0, 0.05) is 28.5 Å². The SMILES string of the molecule is CCc1c(C)nc2n(c1=O)CN(Cc1ccccc1Cl)CN2c1ccc(C)cc1. The highest BCUT2D eigenvalue weighted by Crippen LogP contribution is 2.29. The number of anilines is 2. The Morgan fingerprint density at radius 3 is 2.45 bits per heavy atom. The van der Waals surface area contributed by atoms with Gasteiger partial charge in [-0.25, -0.2) is 4.98 Å². The number of hydrogen-bond donors (Lipinski definition) is 0. The molecule has 0 N–H and O–H groups in total. The minimum Gasteiger partial charge on any atom is -0.298 e. The summed E-state index contributed by atoms with van der Waals surface area (Å²) in [7, 11) is 0. The molecule has 0 spiro atoms. The number of benzene rings is 2. The molecule has 0 saturated heterocycles. The van der Waals surface area contributed by atoms with E-state index in [2.05, 4.69) is 41.0 Å². The number of fused-ring (bicyclic) bond motifs is 1. The summed E-state index contributed by atoms with van der Waals surface area (Å²) in [5, 5.41) is 0.740. The fraction of sp³-hybridized carbons (Fsp3) is 0.304. The smallest absolute Gasteiger partial charge is 0.259 e. The van der Waals surface area contributed by atoms with Crippen molar-refractivity contribution in [2.45, 2.75) is 40.4 Å². The van der Waals surface area contributed by atoms with E-state index in [9.17, 15) is 4.79 Å². The highest BCUT2D eigenvalue weighted by molar-refractivity contribution is 6.31. The fourth-order valence-corrected chi connectivity index (χ4v) is 4.02. The van der Waals surface area contributed by atoms with Crippen LogP contribution in [-0.2, 0) is 19.6 Å². The lowest BCUT2D eigenvalue weighted by Crippen LogP contribution is -2.47. The van der Waals surface area contributed by atoms with Crippen LogP contribution in [0.5, 0.6) is 0 Å². The molecular weight excluding hydrogens is 384 g/mol. The third-order valence-corrected chi connectivity index (χ3v) is 5.79. The Morgan fingerprint density at radius 2 is 1.76 bits per heavy atom. The van der Waals surface area contributed by atoms with Gasteiger partial charge in [0.05, 0.1) is 13.3 Å². The zero-order chi connectivity index (χ0) is 20.5. The lowest BCUT2D eigenvalue weighted by molar-refractivity contribution is 0.190. The molecule has 0 unspecified atom stereocenters. The Morgan fingerprint density at radius 1 is 1.03 bits per heavy atom. The lowest BCUT2D eigenvalue weighted by atomic mass is 10.1. The van der Waals surface area contributed by atoms with Crippen LogP contribution >= 0.6 is 11.6 Å². The largest absolute Gasteiger partial charge is 0.298 e. The zero-order valence-electron chi connectivity index (χ0n) is 17.0. The van der Waals surface area contributed by atoms with Crippen molar-refractivity contribution < 1.29 is 0 Å². The van der Waals surface area contributed by atoms with Crippen LogP contribution in [0.15, 0.2) is 53.3 Å². The molecule has 1 aromatic heterocycles.